The molecule has 1 aliphatic heterocycles. The summed E-state index contributed by atoms with van der Waals surface area (Å²) in [6.07, 6.45) is 3.81. The van der Waals surface area contributed by atoms with Crippen molar-refractivity contribution in [2.75, 3.05) is 6.54 Å². The average molecular weight is 359 g/mol. The SMILES string of the molecule is N#Cc1cccc(-c2cc(F)cc(-c3nc(C4CCCN4C#N)no3)c2)c1. The van der Waals surface area contributed by atoms with Gasteiger partial charge >= 0.3 is 0 Å². The molecular weight excluding hydrogens is 345 g/mol. The Kier molecular flexibility index (Phi) is 4.27. The van der Waals surface area contributed by atoms with E-state index in [1.165, 1.54) is 12.1 Å². The van der Waals surface area contributed by atoms with Crippen molar-refractivity contribution < 1.29 is 8.91 Å². The summed E-state index contributed by atoms with van der Waals surface area (Å²) in [7, 11) is 0. The maximum Gasteiger partial charge on any atom is 0.258 e. The number of hydrogen-bond donors (Lipinski definition) is 0. The zero-order chi connectivity index (χ0) is 18.8. The topological polar surface area (TPSA) is 89.7 Å². The number of hydrogen-bond acceptors (Lipinski definition) is 6. The van der Waals surface area contributed by atoms with Crippen LogP contribution in [0.1, 0.15) is 30.3 Å². The highest BCUT2D eigenvalue weighted by Crippen LogP contribution is 2.32. The third-order valence-corrected chi connectivity index (χ3v) is 4.59. The van der Waals surface area contributed by atoms with Crippen LogP contribution in [0.3, 0.4) is 0 Å². The highest BCUT2D eigenvalue weighted by atomic mass is 19.1. The van der Waals surface area contributed by atoms with Crippen molar-refractivity contribution in [1.29, 1.82) is 10.5 Å². The Morgan fingerprint density at radius 3 is 2.78 bits per heavy atom. The summed E-state index contributed by atoms with van der Waals surface area (Å²) < 4.78 is 19.5. The molecule has 3 aromatic rings. The molecule has 1 atom stereocenters. The second-order valence-electron chi connectivity index (χ2n) is 6.33. The normalized spacial score (nSPS) is 16.1. The van der Waals surface area contributed by atoms with E-state index in [0.29, 0.717) is 29.1 Å². The second kappa shape index (κ2) is 6.89. The Balaban J connectivity index is 1.70. The van der Waals surface area contributed by atoms with E-state index in [-0.39, 0.29) is 11.9 Å². The Hall–Kier alpha value is -3.71. The zero-order valence-corrected chi connectivity index (χ0v) is 14.3. The van der Waals surface area contributed by atoms with Crippen LogP contribution >= 0.6 is 0 Å². The summed E-state index contributed by atoms with van der Waals surface area (Å²) in [6, 6.07) is 13.3. The van der Waals surface area contributed by atoms with Gasteiger partial charge in [0.05, 0.1) is 11.6 Å². The number of nitrogens with zero attached hydrogens (tertiary/aromatic N) is 5. The van der Waals surface area contributed by atoms with Gasteiger partial charge in [0.2, 0.25) is 0 Å². The van der Waals surface area contributed by atoms with Gasteiger partial charge in [-0.1, -0.05) is 17.3 Å². The first kappa shape index (κ1) is 16.7. The second-order valence-corrected chi connectivity index (χ2v) is 6.33. The molecule has 2 heterocycles. The predicted molar refractivity (Wildman–Crippen MR) is 94.1 cm³/mol. The maximum atomic E-state index is 14.2. The molecule has 0 spiro atoms. The van der Waals surface area contributed by atoms with Crippen molar-refractivity contribution >= 4 is 0 Å². The van der Waals surface area contributed by atoms with Crippen LogP contribution in [0, 0.1) is 28.6 Å². The molecule has 0 aliphatic carbocycles. The van der Waals surface area contributed by atoms with E-state index in [9.17, 15) is 9.65 Å². The minimum atomic E-state index is -0.441. The van der Waals surface area contributed by atoms with Crippen LogP contribution in [-0.4, -0.2) is 21.6 Å². The van der Waals surface area contributed by atoms with Gasteiger partial charge in [-0.25, -0.2) is 4.39 Å². The van der Waals surface area contributed by atoms with Crippen LogP contribution in [-0.2, 0) is 0 Å². The maximum absolute atomic E-state index is 14.2. The molecule has 132 valence electrons. The Morgan fingerprint density at radius 1 is 1.11 bits per heavy atom. The third-order valence-electron chi connectivity index (χ3n) is 4.59. The highest BCUT2D eigenvalue weighted by Gasteiger charge is 2.29. The first-order valence-electron chi connectivity index (χ1n) is 8.49. The highest BCUT2D eigenvalue weighted by molar-refractivity contribution is 5.70. The molecule has 1 aliphatic rings. The average Bonchev–Trinajstić information content (AvgIpc) is 3.36. The van der Waals surface area contributed by atoms with E-state index >= 15 is 0 Å². The minimum absolute atomic E-state index is 0.201. The molecule has 0 bridgehead atoms. The molecule has 7 heteroatoms. The first-order chi connectivity index (χ1) is 13.2. The van der Waals surface area contributed by atoms with E-state index in [0.717, 1.165) is 18.4 Å². The Labute approximate surface area is 155 Å². The van der Waals surface area contributed by atoms with Gasteiger partial charge in [-0.2, -0.15) is 15.5 Å². The smallest absolute Gasteiger partial charge is 0.258 e. The van der Waals surface area contributed by atoms with Crippen molar-refractivity contribution in [3.05, 3.63) is 59.7 Å². The van der Waals surface area contributed by atoms with Gasteiger partial charge in [0, 0.05) is 12.1 Å². The molecule has 0 amide bonds. The van der Waals surface area contributed by atoms with Crippen molar-refractivity contribution in [3.63, 3.8) is 0 Å². The minimum Gasteiger partial charge on any atom is -0.334 e. The predicted octanol–water partition coefficient (Wildman–Crippen LogP) is 4.03. The summed E-state index contributed by atoms with van der Waals surface area (Å²) >= 11 is 0. The molecule has 0 radical (unpaired) electrons. The largest absolute Gasteiger partial charge is 0.334 e. The Morgan fingerprint density at radius 2 is 1.96 bits per heavy atom. The molecular formula is C20H14FN5O. The van der Waals surface area contributed by atoms with Gasteiger partial charge in [-0.05, 0) is 54.3 Å². The number of rotatable bonds is 3. The quantitative estimate of drug-likeness (QED) is 0.656. The van der Waals surface area contributed by atoms with Crippen LogP contribution in [0.15, 0.2) is 47.0 Å². The molecule has 1 fully saturated rings. The van der Waals surface area contributed by atoms with Crippen molar-refractivity contribution in [2.24, 2.45) is 0 Å². The van der Waals surface area contributed by atoms with E-state index in [2.05, 4.69) is 22.4 Å². The summed E-state index contributed by atoms with van der Waals surface area (Å²) in [4.78, 5) is 6.00. The third kappa shape index (κ3) is 3.23. The van der Waals surface area contributed by atoms with Gasteiger partial charge in [0.1, 0.15) is 11.9 Å². The van der Waals surface area contributed by atoms with Crippen LogP contribution in [0.5, 0.6) is 0 Å². The zero-order valence-electron chi connectivity index (χ0n) is 14.3. The fourth-order valence-electron chi connectivity index (χ4n) is 3.29. The van der Waals surface area contributed by atoms with Gasteiger partial charge in [0.15, 0.2) is 12.0 Å². The summed E-state index contributed by atoms with van der Waals surface area (Å²) in [5.74, 6) is 0.192. The number of benzene rings is 2. The molecule has 1 aromatic heterocycles. The number of nitriles is 2. The lowest BCUT2D eigenvalue weighted by Gasteiger charge is -2.13. The monoisotopic (exact) mass is 359 g/mol. The van der Waals surface area contributed by atoms with Crippen molar-refractivity contribution in [3.8, 4) is 34.8 Å². The van der Waals surface area contributed by atoms with Crippen molar-refractivity contribution in [1.82, 2.24) is 15.0 Å². The van der Waals surface area contributed by atoms with Crippen LogP contribution in [0.2, 0.25) is 0 Å². The fraction of sp³-hybridized carbons (Fsp3) is 0.200. The molecule has 1 unspecified atom stereocenters. The molecule has 4 rings (SSSR count). The fourth-order valence-corrected chi connectivity index (χ4v) is 3.29. The Bertz CT molecular complexity index is 1080. The molecule has 0 saturated carbocycles. The van der Waals surface area contributed by atoms with Crippen LogP contribution < -0.4 is 0 Å². The standard InChI is InChI=1S/C20H14FN5O/c21-17-9-15(14-4-1-3-13(7-14)11-22)8-16(10-17)20-24-19(25-27-20)18-5-2-6-26(18)12-23/h1,3-4,7-10,18H,2,5-6H2. The number of aromatic nitrogens is 2. The summed E-state index contributed by atoms with van der Waals surface area (Å²) in [5.41, 5.74) is 2.28. The van der Waals surface area contributed by atoms with E-state index < -0.39 is 5.82 Å². The molecule has 2 aromatic carbocycles. The molecule has 1 saturated heterocycles. The van der Waals surface area contributed by atoms with Crippen LogP contribution in [0.4, 0.5) is 4.39 Å². The molecule has 27 heavy (non-hydrogen) atoms. The lowest BCUT2D eigenvalue weighted by Crippen LogP contribution is -2.17. The van der Waals surface area contributed by atoms with Gasteiger partial charge in [-0.3, -0.25) is 4.90 Å². The van der Waals surface area contributed by atoms with Crippen molar-refractivity contribution in [2.45, 2.75) is 18.9 Å². The van der Waals surface area contributed by atoms with E-state index in [4.69, 9.17) is 9.78 Å². The number of halogens is 1. The van der Waals surface area contributed by atoms with Crippen LogP contribution in [0.25, 0.3) is 22.6 Å². The van der Waals surface area contributed by atoms with E-state index in [1.807, 2.05) is 6.07 Å². The first-order valence-corrected chi connectivity index (χ1v) is 8.49. The van der Waals surface area contributed by atoms with E-state index in [1.54, 1.807) is 29.2 Å². The van der Waals surface area contributed by atoms with Gasteiger partial charge in [-0.15, -0.1) is 0 Å². The summed E-state index contributed by atoms with van der Waals surface area (Å²) in [5, 5.41) is 22.2. The molecule has 6 nitrogen and oxygen atoms in total. The number of likely N-dealkylation sites (tertiary alicyclic amines) is 1. The summed E-state index contributed by atoms with van der Waals surface area (Å²) in [6.45, 7) is 0.671. The lowest BCUT2D eigenvalue weighted by molar-refractivity contribution is 0.339. The van der Waals surface area contributed by atoms with Gasteiger partial charge in [0.25, 0.3) is 5.89 Å². The van der Waals surface area contributed by atoms with Gasteiger partial charge < -0.3 is 4.52 Å². The lowest BCUT2D eigenvalue weighted by atomic mass is 10.0. The molecule has 0 N–H and O–H groups in total.